The molecule has 6 rings (SSSR count). The number of rotatable bonds is 8. The maximum atomic E-state index is 13.1. The van der Waals surface area contributed by atoms with Crippen LogP contribution >= 0.6 is 0 Å². The predicted molar refractivity (Wildman–Crippen MR) is 168 cm³/mol. The van der Waals surface area contributed by atoms with E-state index >= 15 is 0 Å². The summed E-state index contributed by atoms with van der Waals surface area (Å²) in [6.07, 6.45) is 4.20. The number of ether oxygens (including phenoxy) is 1. The van der Waals surface area contributed by atoms with Crippen molar-refractivity contribution in [2.24, 2.45) is 5.92 Å². The second-order valence-corrected chi connectivity index (χ2v) is 10.3. The van der Waals surface area contributed by atoms with Crippen LogP contribution in [0.15, 0.2) is 104 Å². The van der Waals surface area contributed by atoms with Crippen LogP contribution in [0.4, 0.5) is 22.0 Å². The molecule has 0 saturated carbocycles. The smallest absolute Gasteiger partial charge is 0.408 e. The van der Waals surface area contributed by atoms with E-state index < -0.39 is 6.09 Å². The number of anilines is 3. The summed E-state index contributed by atoms with van der Waals surface area (Å²) >= 11 is 0. The van der Waals surface area contributed by atoms with Crippen molar-refractivity contribution < 1.29 is 14.3 Å². The van der Waals surface area contributed by atoms with Gasteiger partial charge in [0.15, 0.2) is 17.2 Å². The van der Waals surface area contributed by atoms with Gasteiger partial charge in [0, 0.05) is 35.2 Å². The third-order valence-electron chi connectivity index (χ3n) is 6.66. The van der Waals surface area contributed by atoms with Gasteiger partial charge in [0.2, 0.25) is 0 Å². The largest absolute Gasteiger partial charge is 0.417 e. The van der Waals surface area contributed by atoms with Gasteiger partial charge in [0.1, 0.15) is 0 Å². The standard InChI is InChI=1S/C33H29N7O3/c1-21(2)18-35-30-31-36-20-29(40(31)28-11-4-3-10-27(28)39-30)22-12-14-23(15-13-22)32(41)37-24-7-5-8-25(17-24)38-33(42)43-26-9-6-16-34-19-26/h3-17,19-21H,18H2,1-2H3,(H,35,39)(H,37,41)(H,38,42). The molecule has 0 spiro atoms. The molecule has 0 atom stereocenters. The number of carbonyl (C=O) groups is 2. The summed E-state index contributed by atoms with van der Waals surface area (Å²) in [6.45, 7) is 5.07. The summed E-state index contributed by atoms with van der Waals surface area (Å²) in [5.74, 6) is 1.23. The van der Waals surface area contributed by atoms with Crippen LogP contribution in [-0.4, -0.2) is 37.9 Å². The zero-order valence-electron chi connectivity index (χ0n) is 23.6. The number of benzene rings is 3. The molecule has 0 radical (unpaired) electrons. The average Bonchev–Trinajstić information content (AvgIpc) is 3.46. The Balaban J connectivity index is 1.20. The zero-order valence-corrected chi connectivity index (χ0v) is 23.6. The molecule has 10 heteroatoms. The summed E-state index contributed by atoms with van der Waals surface area (Å²) in [6, 6.07) is 25.5. The Morgan fingerprint density at radius 1 is 0.884 bits per heavy atom. The van der Waals surface area contributed by atoms with Crippen molar-refractivity contribution in [3.8, 4) is 17.0 Å². The fraction of sp³-hybridized carbons (Fsp3) is 0.121. The van der Waals surface area contributed by atoms with Crippen LogP contribution in [0, 0.1) is 5.92 Å². The molecule has 6 aromatic rings. The summed E-state index contributed by atoms with van der Waals surface area (Å²) in [5.41, 5.74) is 5.83. The van der Waals surface area contributed by atoms with Crippen LogP contribution in [0.2, 0.25) is 0 Å². The minimum atomic E-state index is -0.661. The minimum Gasteiger partial charge on any atom is -0.408 e. The van der Waals surface area contributed by atoms with Crippen molar-refractivity contribution in [3.63, 3.8) is 0 Å². The molecular weight excluding hydrogens is 542 g/mol. The Morgan fingerprint density at radius 2 is 1.67 bits per heavy atom. The number of hydrogen-bond acceptors (Lipinski definition) is 7. The number of imidazole rings is 1. The van der Waals surface area contributed by atoms with Crippen LogP contribution in [0.25, 0.3) is 27.9 Å². The summed E-state index contributed by atoms with van der Waals surface area (Å²) in [7, 11) is 0. The van der Waals surface area contributed by atoms with Gasteiger partial charge in [-0.3, -0.25) is 19.5 Å². The molecule has 2 amide bonds. The van der Waals surface area contributed by atoms with E-state index in [1.165, 1.54) is 6.20 Å². The lowest BCUT2D eigenvalue weighted by molar-refractivity contribution is 0.102. The van der Waals surface area contributed by atoms with Gasteiger partial charge in [0.05, 0.1) is 29.1 Å². The van der Waals surface area contributed by atoms with Crippen LogP contribution in [0.5, 0.6) is 5.75 Å². The Bertz CT molecular complexity index is 1920. The summed E-state index contributed by atoms with van der Waals surface area (Å²) in [4.78, 5) is 38.8. The van der Waals surface area contributed by atoms with E-state index in [1.807, 2.05) is 42.6 Å². The summed E-state index contributed by atoms with van der Waals surface area (Å²) in [5, 5.41) is 8.98. The van der Waals surface area contributed by atoms with Crippen LogP contribution < -0.4 is 20.7 Å². The Labute approximate surface area is 247 Å². The number of fused-ring (bicyclic) bond motifs is 3. The number of hydrogen-bond donors (Lipinski definition) is 3. The lowest BCUT2D eigenvalue weighted by Crippen LogP contribution is -2.17. The van der Waals surface area contributed by atoms with Crippen LogP contribution in [-0.2, 0) is 0 Å². The van der Waals surface area contributed by atoms with E-state index in [9.17, 15) is 9.59 Å². The van der Waals surface area contributed by atoms with Crippen molar-refractivity contribution in [1.82, 2.24) is 19.4 Å². The van der Waals surface area contributed by atoms with E-state index in [0.717, 1.165) is 40.3 Å². The van der Waals surface area contributed by atoms with Gasteiger partial charge in [-0.05, 0) is 60.5 Å². The maximum Gasteiger partial charge on any atom is 0.417 e. The number of para-hydroxylation sites is 2. The second kappa shape index (κ2) is 12.0. The molecule has 214 valence electrons. The fourth-order valence-corrected chi connectivity index (χ4v) is 4.63. The molecule has 0 aliphatic rings. The molecule has 0 fully saturated rings. The van der Waals surface area contributed by atoms with Crippen molar-refractivity contribution in [2.45, 2.75) is 13.8 Å². The zero-order chi connectivity index (χ0) is 29.8. The van der Waals surface area contributed by atoms with Crippen LogP contribution in [0.1, 0.15) is 24.2 Å². The Morgan fingerprint density at radius 3 is 2.44 bits per heavy atom. The molecule has 0 aliphatic heterocycles. The highest BCUT2D eigenvalue weighted by atomic mass is 16.6. The van der Waals surface area contributed by atoms with Crippen molar-refractivity contribution in [2.75, 3.05) is 22.5 Å². The van der Waals surface area contributed by atoms with Gasteiger partial charge in [-0.25, -0.2) is 14.8 Å². The molecule has 3 aromatic carbocycles. The molecular formula is C33H29N7O3. The normalized spacial score (nSPS) is 11.0. The predicted octanol–water partition coefficient (Wildman–Crippen LogP) is 6.88. The molecule has 3 heterocycles. The van der Waals surface area contributed by atoms with Gasteiger partial charge >= 0.3 is 6.09 Å². The molecule has 10 nitrogen and oxygen atoms in total. The Hall–Kier alpha value is -5.77. The molecule has 0 saturated heterocycles. The molecule has 0 aliphatic carbocycles. The minimum absolute atomic E-state index is 0.283. The quantitative estimate of drug-likeness (QED) is 0.182. The van der Waals surface area contributed by atoms with E-state index in [1.54, 1.807) is 54.7 Å². The van der Waals surface area contributed by atoms with Gasteiger partial charge < -0.3 is 15.4 Å². The molecule has 3 aromatic heterocycles. The third kappa shape index (κ3) is 6.13. The van der Waals surface area contributed by atoms with Crippen molar-refractivity contribution in [3.05, 3.63) is 109 Å². The van der Waals surface area contributed by atoms with E-state index in [0.29, 0.717) is 28.6 Å². The maximum absolute atomic E-state index is 13.1. The monoisotopic (exact) mass is 571 g/mol. The molecule has 0 bridgehead atoms. The highest BCUT2D eigenvalue weighted by molar-refractivity contribution is 6.05. The lowest BCUT2D eigenvalue weighted by Gasteiger charge is -2.13. The van der Waals surface area contributed by atoms with Crippen LogP contribution in [0.3, 0.4) is 0 Å². The second-order valence-electron chi connectivity index (χ2n) is 10.3. The number of amides is 2. The van der Waals surface area contributed by atoms with E-state index in [-0.39, 0.29) is 5.91 Å². The number of carbonyl (C=O) groups excluding carboxylic acids is 2. The van der Waals surface area contributed by atoms with Gasteiger partial charge in [-0.2, -0.15) is 0 Å². The molecule has 3 N–H and O–H groups in total. The highest BCUT2D eigenvalue weighted by Gasteiger charge is 2.16. The number of aromatic nitrogens is 4. The topological polar surface area (TPSA) is 123 Å². The first-order valence-corrected chi connectivity index (χ1v) is 13.9. The average molecular weight is 572 g/mol. The van der Waals surface area contributed by atoms with Crippen molar-refractivity contribution in [1.29, 1.82) is 0 Å². The first-order chi connectivity index (χ1) is 20.9. The highest BCUT2D eigenvalue weighted by Crippen LogP contribution is 2.29. The first kappa shape index (κ1) is 27.4. The number of nitrogens with zero attached hydrogens (tertiary/aromatic N) is 4. The van der Waals surface area contributed by atoms with Gasteiger partial charge in [-0.15, -0.1) is 0 Å². The molecule has 43 heavy (non-hydrogen) atoms. The van der Waals surface area contributed by atoms with Gasteiger partial charge in [-0.1, -0.05) is 44.2 Å². The van der Waals surface area contributed by atoms with Gasteiger partial charge in [0.25, 0.3) is 5.91 Å². The first-order valence-electron chi connectivity index (χ1n) is 13.9. The summed E-state index contributed by atoms with van der Waals surface area (Å²) < 4.78 is 7.31. The van der Waals surface area contributed by atoms with Crippen molar-refractivity contribution >= 4 is 45.9 Å². The fourth-order valence-electron chi connectivity index (χ4n) is 4.63. The lowest BCUT2D eigenvalue weighted by atomic mass is 10.1. The number of pyridine rings is 1. The Kier molecular flexibility index (Phi) is 7.64. The van der Waals surface area contributed by atoms with E-state index in [4.69, 9.17) is 14.7 Å². The third-order valence-corrected chi connectivity index (χ3v) is 6.66. The molecule has 0 unspecified atom stereocenters. The van der Waals surface area contributed by atoms with E-state index in [2.05, 4.69) is 39.2 Å². The number of nitrogens with one attached hydrogen (secondary N) is 3. The SMILES string of the molecule is CC(C)CNc1nc2ccccc2n2c(-c3ccc(C(=O)Nc4cccc(NC(=O)Oc5cccnc5)c4)cc3)cnc12.